The SMILES string of the molecule is Cc1nc(-c2cc(S(=O)(=O)Nc3cccc(C)c3C)c(C)s2)cs1. The third kappa shape index (κ3) is 3.24. The monoisotopic (exact) mass is 378 g/mol. The molecule has 2 heterocycles. The van der Waals surface area contributed by atoms with Gasteiger partial charge in [-0.1, -0.05) is 12.1 Å². The van der Waals surface area contributed by atoms with E-state index in [1.807, 2.05) is 45.2 Å². The fraction of sp³-hybridized carbons (Fsp3) is 0.235. The maximum Gasteiger partial charge on any atom is 0.263 e. The van der Waals surface area contributed by atoms with Crippen molar-refractivity contribution in [1.29, 1.82) is 0 Å². The number of sulfonamides is 1. The zero-order valence-corrected chi connectivity index (χ0v) is 16.3. The van der Waals surface area contributed by atoms with Gasteiger partial charge >= 0.3 is 0 Å². The number of thiophene rings is 1. The average molecular weight is 379 g/mol. The molecular formula is C17H18N2O2S3. The molecule has 1 N–H and O–H groups in total. The standard InChI is InChI=1S/C17H18N2O2S3/c1-10-6-5-7-14(11(10)2)19-24(20,21)17-8-16(23-12(17)3)15-9-22-13(4)18-15/h5-9,19H,1-4H3. The van der Waals surface area contributed by atoms with Gasteiger partial charge in [-0.05, 0) is 51.0 Å². The highest BCUT2D eigenvalue weighted by atomic mass is 32.2. The topological polar surface area (TPSA) is 59.1 Å². The predicted molar refractivity (Wildman–Crippen MR) is 102 cm³/mol. The highest BCUT2D eigenvalue weighted by Crippen LogP contribution is 2.35. The first-order valence-corrected chi connectivity index (χ1v) is 10.6. The molecule has 0 spiro atoms. The largest absolute Gasteiger partial charge is 0.279 e. The molecule has 24 heavy (non-hydrogen) atoms. The van der Waals surface area contributed by atoms with E-state index in [-0.39, 0.29) is 0 Å². The summed E-state index contributed by atoms with van der Waals surface area (Å²) in [7, 11) is -3.63. The van der Waals surface area contributed by atoms with E-state index in [9.17, 15) is 8.42 Å². The van der Waals surface area contributed by atoms with Crippen LogP contribution in [-0.2, 0) is 10.0 Å². The number of hydrogen-bond donors (Lipinski definition) is 1. The molecule has 0 radical (unpaired) electrons. The van der Waals surface area contributed by atoms with Crippen molar-refractivity contribution in [2.45, 2.75) is 32.6 Å². The fourth-order valence-electron chi connectivity index (χ4n) is 2.40. The molecule has 1 aromatic carbocycles. The number of aromatic nitrogens is 1. The molecule has 0 amide bonds. The summed E-state index contributed by atoms with van der Waals surface area (Å²) in [6.07, 6.45) is 0. The zero-order valence-electron chi connectivity index (χ0n) is 13.9. The van der Waals surface area contributed by atoms with Crippen LogP contribution in [0, 0.1) is 27.7 Å². The average Bonchev–Trinajstić information content (AvgIpc) is 3.10. The van der Waals surface area contributed by atoms with Crippen LogP contribution in [0.4, 0.5) is 5.69 Å². The Morgan fingerprint density at radius 2 is 1.88 bits per heavy atom. The first-order chi connectivity index (χ1) is 11.3. The Morgan fingerprint density at radius 1 is 1.12 bits per heavy atom. The lowest BCUT2D eigenvalue weighted by Crippen LogP contribution is -2.14. The van der Waals surface area contributed by atoms with Gasteiger partial charge in [-0.25, -0.2) is 13.4 Å². The summed E-state index contributed by atoms with van der Waals surface area (Å²) in [4.78, 5) is 6.39. The number of benzene rings is 1. The molecule has 0 saturated heterocycles. The van der Waals surface area contributed by atoms with Crippen molar-refractivity contribution in [2.24, 2.45) is 0 Å². The van der Waals surface area contributed by atoms with Crippen LogP contribution in [-0.4, -0.2) is 13.4 Å². The second-order valence-corrected chi connectivity index (χ2v) is 9.61. The Bertz CT molecular complexity index is 1000. The second-order valence-electron chi connectivity index (χ2n) is 5.64. The Morgan fingerprint density at radius 3 is 2.54 bits per heavy atom. The van der Waals surface area contributed by atoms with Gasteiger partial charge in [-0.15, -0.1) is 22.7 Å². The summed E-state index contributed by atoms with van der Waals surface area (Å²) in [6, 6.07) is 7.31. The van der Waals surface area contributed by atoms with E-state index in [0.29, 0.717) is 10.6 Å². The summed E-state index contributed by atoms with van der Waals surface area (Å²) < 4.78 is 28.3. The highest BCUT2D eigenvalue weighted by Gasteiger charge is 2.22. The number of anilines is 1. The van der Waals surface area contributed by atoms with Gasteiger partial charge in [0, 0.05) is 10.3 Å². The lowest BCUT2D eigenvalue weighted by Gasteiger charge is -2.11. The van der Waals surface area contributed by atoms with Crippen LogP contribution in [0.3, 0.4) is 0 Å². The Hall–Kier alpha value is -1.70. The van der Waals surface area contributed by atoms with Crippen LogP contribution in [0.25, 0.3) is 10.6 Å². The minimum Gasteiger partial charge on any atom is -0.279 e. The molecule has 0 aliphatic carbocycles. The molecule has 126 valence electrons. The highest BCUT2D eigenvalue weighted by molar-refractivity contribution is 7.93. The van der Waals surface area contributed by atoms with Gasteiger partial charge in [0.15, 0.2) is 0 Å². The molecular weight excluding hydrogens is 360 g/mol. The van der Waals surface area contributed by atoms with E-state index in [0.717, 1.165) is 31.6 Å². The number of aryl methyl sites for hydroxylation is 3. The van der Waals surface area contributed by atoms with E-state index >= 15 is 0 Å². The molecule has 0 atom stereocenters. The maximum absolute atomic E-state index is 12.8. The molecule has 3 aromatic rings. The molecule has 7 heteroatoms. The van der Waals surface area contributed by atoms with Gasteiger partial charge in [0.1, 0.15) is 4.90 Å². The van der Waals surface area contributed by atoms with Gasteiger partial charge in [-0.3, -0.25) is 4.72 Å². The third-order valence-electron chi connectivity index (χ3n) is 3.88. The van der Waals surface area contributed by atoms with Gasteiger partial charge in [-0.2, -0.15) is 0 Å². The fourth-order valence-corrected chi connectivity index (χ4v) is 5.76. The van der Waals surface area contributed by atoms with E-state index in [2.05, 4.69) is 9.71 Å². The molecule has 0 unspecified atom stereocenters. The van der Waals surface area contributed by atoms with Crippen molar-refractivity contribution in [1.82, 2.24) is 4.98 Å². The number of rotatable bonds is 4. The van der Waals surface area contributed by atoms with Gasteiger partial charge in [0.05, 0.1) is 21.3 Å². The summed E-state index contributed by atoms with van der Waals surface area (Å²) in [5.74, 6) is 0. The Kier molecular flexibility index (Phi) is 4.50. The minimum absolute atomic E-state index is 0.314. The van der Waals surface area contributed by atoms with Crippen LogP contribution in [0.2, 0.25) is 0 Å². The van der Waals surface area contributed by atoms with Crippen LogP contribution >= 0.6 is 22.7 Å². The van der Waals surface area contributed by atoms with E-state index < -0.39 is 10.0 Å². The molecule has 0 aliphatic heterocycles. The molecule has 4 nitrogen and oxygen atoms in total. The minimum atomic E-state index is -3.63. The normalized spacial score (nSPS) is 11.7. The molecule has 0 aliphatic rings. The van der Waals surface area contributed by atoms with Crippen LogP contribution in [0.1, 0.15) is 21.0 Å². The van der Waals surface area contributed by atoms with Crippen molar-refractivity contribution in [3.8, 4) is 10.6 Å². The predicted octanol–water partition coefficient (Wildman–Crippen LogP) is 4.91. The molecule has 3 rings (SSSR count). The number of thiazole rings is 1. The zero-order chi connectivity index (χ0) is 17.5. The molecule has 0 saturated carbocycles. The lowest BCUT2D eigenvalue weighted by atomic mass is 10.1. The summed E-state index contributed by atoms with van der Waals surface area (Å²) in [5, 5.41) is 2.92. The van der Waals surface area contributed by atoms with Crippen molar-refractivity contribution in [2.75, 3.05) is 4.72 Å². The van der Waals surface area contributed by atoms with Gasteiger partial charge < -0.3 is 0 Å². The summed E-state index contributed by atoms with van der Waals surface area (Å²) in [5.41, 5.74) is 3.44. The summed E-state index contributed by atoms with van der Waals surface area (Å²) >= 11 is 3.01. The second kappa shape index (κ2) is 6.31. The van der Waals surface area contributed by atoms with Gasteiger partial charge in [0.25, 0.3) is 10.0 Å². The first-order valence-electron chi connectivity index (χ1n) is 7.40. The maximum atomic E-state index is 12.8. The van der Waals surface area contributed by atoms with Crippen LogP contribution in [0.15, 0.2) is 34.5 Å². The Balaban J connectivity index is 1.98. The van der Waals surface area contributed by atoms with Crippen molar-refractivity contribution >= 4 is 38.4 Å². The third-order valence-corrected chi connectivity index (χ3v) is 7.35. The number of nitrogens with zero attached hydrogens (tertiary/aromatic N) is 1. The van der Waals surface area contributed by atoms with E-state index in [1.165, 1.54) is 11.3 Å². The smallest absolute Gasteiger partial charge is 0.263 e. The van der Waals surface area contributed by atoms with E-state index in [1.54, 1.807) is 23.5 Å². The Labute approximate surface area is 150 Å². The molecule has 2 aromatic heterocycles. The number of nitrogens with one attached hydrogen (secondary N) is 1. The molecule has 0 bridgehead atoms. The lowest BCUT2D eigenvalue weighted by molar-refractivity contribution is 0.601. The molecule has 0 fully saturated rings. The summed E-state index contributed by atoms with van der Waals surface area (Å²) in [6.45, 7) is 7.64. The van der Waals surface area contributed by atoms with Crippen molar-refractivity contribution in [3.05, 3.63) is 50.7 Å². The quantitative estimate of drug-likeness (QED) is 0.702. The van der Waals surface area contributed by atoms with E-state index in [4.69, 9.17) is 0 Å². The van der Waals surface area contributed by atoms with Crippen LogP contribution < -0.4 is 4.72 Å². The van der Waals surface area contributed by atoms with Crippen molar-refractivity contribution in [3.63, 3.8) is 0 Å². The van der Waals surface area contributed by atoms with Crippen molar-refractivity contribution < 1.29 is 8.42 Å². The number of hydrogen-bond acceptors (Lipinski definition) is 5. The first kappa shape index (κ1) is 17.1. The van der Waals surface area contributed by atoms with Crippen LogP contribution in [0.5, 0.6) is 0 Å². The van der Waals surface area contributed by atoms with Gasteiger partial charge in [0.2, 0.25) is 0 Å².